The summed E-state index contributed by atoms with van der Waals surface area (Å²) in [6.07, 6.45) is 0. The first kappa shape index (κ1) is 15.6. The smallest absolute Gasteiger partial charge is 0.252 e. The first-order valence-corrected chi connectivity index (χ1v) is 7.68. The summed E-state index contributed by atoms with van der Waals surface area (Å²) in [5.74, 6) is 0.374. The molecule has 0 bridgehead atoms. The van der Waals surface area contributed by atoms with Crippen molar-refractivity contribution in [3.05, 3.63) is 63.6 Å². The molecule has 21 heavy (non-hydrogen) atoms. The molecule has 0 radical (unpaired) electrons. The van der Waals surface area contributed by atoms with E-state index < -0.39 is 0 Å². The van der Waals surface area contributed by atoms with Gasteiger partial charge in [0.25, 0.3) is 5.91 Å². The predicted octanol–water partition coefficient (Wildman–Crippen LogP) is 4.08. The van der Waals surface area contributed by atoms with Crippen LogP contribution in [0.15, 0.2) is 46.9 Å². The molecule has 3 N–H and O–H groups in total. The van der Waals surface area contributed by atoms with Crippen molar-refractivity contribution in [3.8, 4) is 0 Å². The lowest BCUT2D eigenvalue weighted by Crippen LogP contribution is -2.23. The van der Waals surface area contributed by atoms with Gasteiger partial charge >= 0.3 is 0 Å². The number of carbonyl (C=O) groups is 1. The van der Waals surface area contributed by atoms with E-state index in [2.05, 4.69) is 47.2 Å². The lowest BCUT2D eigenvalue weighted by molar-refractivity contribution is 0.0950. The van der Waals surface area contributed by atoms with Crippen LogP contribution in [-0.4, -0.2) is 5.91 Å². The maximum absolute atomic E-state index is 12.2. The van der Waals surface area contributed by atoms with Crippen molar-refractivity contribution >= 4 is 27.5 Å². The first-order chi connectivity index (χ1) is 9.97. The van der Waals surface area contributed by atoms with Crippen LogP contribution in [0.1, 0.15) is 41.3 Å². The minimum Gasteiger partial charge on any atom is -0.399 e. The molecular formula is C17H19BrN2O. The summed E-state index contributed by atoms with van der Waals surface area (Å²) in [4.78, 5) is 12.2. The molecule has 0 fully saturated rings. The number of amides is 1. The van der Waals surface area contributed by atoms with Gasteiger partial charge in [-0.15, -0.1) is 0 Å². The minimum absolute atomic E-state index is 0.137. The van der Waals surface area contributed by atoms with Gasteiger partial charge in [-0.1, -0.05) is 38.1 Å². The molecule has 2 rings (SSSR count). The standard InChI is InChI=1S/C17H19BrN2O/c1-11(2)13-5-3-12(4-6-13)10-20-17(21)15-9-14(19)7-8-16(15)18/h3-9,11H,10,19H2,1-2H3,(H,20,21). The summed E-state index contributed by atoms with van der Waals surface area (Å²) in [5, 5.41) is 2.91. The number of halogens is 1. The van der Waals surface area contributed by atoms with Gasteiger partial charge in [-0.2, -0.15) is 0 Å². The van der Waals surface area contributed by atoms with E-state index in [9.17, 15) is 4.79 Å². The van der Waals surface area contributed by atoms with Crippen LogP contribution in [-0.2, 0) is 6.54 Å². The second-order valence-corrected chi connectivity index (χ2v) is 6.17. The molecule has 0 saturated carbocycles. The highest BCUT2D eigenvalue weighted by Gasteiger charge is 2.10. The van der Waals surface area contributed by atoms with Gasteiger partial charge in [0.2, 0.25) is 0 Å². The van der Waals surface area contributed by atoms with Crippen LogP contribution < -0.4 is 11.1 Å². The highest BCUT2D eigenvalue weighted by molar-refractivity contribution is 9.10. The number of nitrogens with one attached hydrogen (secondary N) is 1. The number of rotatable bonds is 4. The van der Waals surface area contributed by atoms with E-state index in [0.717, 1.165) is 10.0 Å². The van der Waals surface area contributed by atoms with Gasteiger partial charge in [0.15, 0.2) is 0 Å². The van der Waals surface area contributed by atoms with E-state index in [4.69, 9.17) is 5.73 Å². The molecule has 0 aliphatic carbocycles. The van der Waals surface area contributed by atoms with E-state index in [1.807, 2.05) is 12.1 Å². The van der Waals surface area contributed by atoms with Crippen molar-refractivity contribution < 1.29 is 4.79 Å². The fourth-order valence-electron chi connectivity index (χ4n) is 2.01. The summed E-state index contributed by atoms with van der Waals surface area (Å²) in [6, 6.07) is 13.5. The lowest BCUT2D eigenvalue weighted by Gasteiger charge is -2.09. The maximum atomic E-state index is 12.2. The number of benzene rings is 2. The zero-order valence-corrected chi connectivity index (χ0v) is 13.8. The van der Waals surface area contributed by atoms with E-state index in [-0.39, 0.29) is 5.91 Å². The monoisotopic (exact) mass is 346 g/mol. The predicted molar refractivity (Wildman–Crippen MR) is 90.3 cm³/mol. The van der Waals surface area contributed by atoms with Gasteiger partial charge < -0.3 is 11.1 Å². The summed E-state index contributed by atoms with van der Waals surface area (Å²) in [6.45, 7) is 4.82. The number of nitrogens with two attached hydrogens (primary N) is 1. The van der Waals surface area contributed by atoms with Gasteiger partial charge in [-0.3, -0.25) is 4.79 Å². The molecule has 0 saturated heterocycles. The van der Waals surface area contributed by atoms with Crippen molar-refractivity contribution in [1.82, 2.24) is 5.32 Å². The summed E-state index contributed by atoms with van der Waals surface area (Å²) >= 11 is 3.37. The third kappa shape index (κ3) is 4.08. The quantitative estimate of drug-likeness (QED) is 0.819. The van der Waals surface area contributed by atoms with Gasteiger partial charge in [-0.25, -0.2) is 0 Å². The lowest BCUT2D eigenvalue weighted by atomic mass is 10.0. The second kappa shape index (κ2) is 6.76. The first-order valence-electron chi connectivity index (χ1n) is 6.89. The zero-order valence-electron chi connectivity index (χ0n) is 12.2. The Labute approximate surface area is 133 Å². The van der Waals surface area contributed by atoms with Crippen LogP contribution in [0.25, 0.3) is 0 Å². The van der Waals surface area contributed by atoms with Crippen LogP contribution >= 0.6 is 15.9 Å². The fraction of sp³-hybridized carbons (Fsp3) is 0.235. The molecule has 0 atom stereocenters. The minimum atomic E-state index is -0.137. The SMILES string of the molecule is CC(C)c1ccc(CNC(=O)c2cc(N)ccc2Br)cc1. The van der Waals surface area contributed by atoms with Gasteiger partial charge in [0.1, 0.15) is 0 Å². The van der Waals surface area contributed by atoms with Gasteiger partial charge in [0, 0.05) is 16.7 Å². The largest absolute Gasteiger partial charge is 0.399 e. The van der Waals surface area contributed by atoms with Crippen molar-refractivity contribution in [2.24, 2.45) is 0 Å². The molecule has 3 nitrogen and oxygen atoms in total. The summed E-state index contributed by atoms with van der Waals surface area (Å²) in [5.41, 5.74) is 9.21. The second-order valence-electron chi connectivity index (χ2n) is 5.32. The maximum Gasteiger partial charge on any atom is 0.252 e. The van der Waals surface area contributed by atoms with Crippen LogP contribution in [0.2, 0.25) is 0 Å². The van der Waals surface area contributed by atoms with E-state index >= 15 is 0 Å². The highest BCUT2D eigenvalue weighted by atomic mass is 79.9. The van der Waals surface area contributed by atoms with Crippen LogP contribution in [0.5, 0.6) is 0 Å². The topological polar surface area (TPSA) is 55.1 Å². The van der Waals surface area contributed by atoms with Crippen LogP contribution in [0, 0.1) is 0 Å². The Morgan fingerprint density at radius 2 is 1.86 bits per heavy atom. The van der Waals surface area contributed by atoms with E-state index in [1.165, 1.54) is 5.56 Å². The van der Waals surface area contributed by atoms with Gasteiger partial charge in [-0.05, 0) is 51.2 Å². The van der Waals surface area contributed by atoms with Crippen molar-refractivity contribution in [3.63, 3.8) is 0 Å². The highest BCUT2D eigenvalue weighted by Crippen LogP contribution is 2.19. The fourth-order valence-corrected chi connectivity index (χ4v) is 2.44. The summed E-state index contributed by atoms with van der Waals surface area (Å²) in [7, 11) is 0. The number of nitrogen functional groups attached to an aromatic ring is 1. The number of hydrogen-bond acceptors (Lipinski definition) is 2. The Hall–Kier alpha value is -1.81. The molecule has 4 heteroatoms. The Bertz CT molecular complexity index is 636. The molecule has 110 valence electrons. The molecular weight excluding hydrogens is 328 g/mol. The van der Waals surface area contributed by atoms with Crippen molar-refractivity contribution in [2.45, 2.75) is 26.3 Å². The third-order valence-electron chi connectivity index (χ3n) is 3.33. The van der Waals surface area contributed by atoms with Gasteiger partial charge in [0.05, 0.1) is 5.56 Å². The molecule has 0 unspecified atom stereocenters. The molecule has 0 spiro atoms. The van der Waals surface area contributed by atoms with E-state index in [1.54, 1.807) is 18.2 Å². The number of carbonyl (C=O) groups excluding carboxylic acids is 1. The molecule has 0 aliphatic heterocycles. The normalized spacial score (nSPS) is 10.7. The molecule has 0 heterocycles. The Balaban J connectivity index is 2.02. The molecule has 2 aromatic carbocycles. The third-order valence-corrected chi connectivity index (χ3v) is 4.03. The molecule has 1 amide bonds. The molecule has 0 aromatic heterocycles. The molecule has 2 aromatic rings. The zero-order chi connectivity index (χ0) is 15.4. The summed E-state index contributed by atoms with van der Waals surface area (Å²) < 4.78 is 0.740. The van der Waals surface area contributed by atoms with Crippen molar-refractivity contribution in [2.75, 3.05) is 5.73 Å². The van der Waals surface area contributed by atoms with Crippen LogP contribution in [0.3, 0.4) is 0 Å². The van der Waals surface area contributed by atoms with Crippen molar-refractivity contribution in [1.29, 1.82) is 0 Å². The van der Waals surface area contributed by atoms with Crippen LogP contribution in [0.4, 0.5) is 5.69 Å². The number of anilines is 1. The molecule has 0 aliphatic rings. The van der Waals surface area contributed by atoms with E-state index in [0.29, 0.717) is 23.7 Å². The Morgan fingerprint density at radius 1 is 1.19 bits per heavy atom. The Kier molecular flexibility index (Phi) is 5.02. The Morgan fingerprint density at radius 3 is 2.48 bits per heavy atom. The number of hydrogen-bond donors (Lipinski definition) is 2. The average molecular weight is 347 g/mol. The average Bonchev–Trinajstić information content (AvgIpc) is 2.47.